The van der Waals surface area contributed by atoms with Crippen LogP contribution >= 0.6 is 11.6 Å². The number of carbonyl (C=O) groups excluding carboxylic acids is 1. The number of rotatable bonds is 9. The van der Waals surface area contributed by atoms with Crippen LogP contribution < -0.4 is 4.18 Å². The lowest BCUT2D eigenvalue weighted by atomic mass is 10.1. The molecule has 1 amide bonds. The molecule has 0 saturated carbocycles. The van der Waals surface area contributed by atoms with Gasteiger partial charge in [-0.2, -0.15) is 8.42 Å². The summed E-state index contributed by atoms with van der Waals surface area (Å²) in [6, 6.07) is 8.66. The van der Waals surface area contributed by atoms with Gasteiger partial charge in [-0.15, -0.1) is 0 Å². The van der Waals surface area contributed by atoms with Gasteiger partial charge >= 0.3 is 10.1 Å². The average molecular weight is 444 g/mol. The van der Waals surface area contributed by atoms with Crippen LogP contribution in [0.5, 0.6) is 5.75 Å². The van der Waals surface area contributed by atoms with Crippen molar-refractivity contribution in [3.8, 4) is 5.75 Å². The van der Waals surface area contributed by atoms with E-state index in [1.165, 1.54) is 19.2 Å². The quantitative estimate of drug-likeness (QED) is 0.547. The number of ether oxygens (including phenoxy) is 1. The SMILES string of the molecule is CC[C@H](C)N(Cc1cc(Cl)ccc1OS(=O)(=O)c1ccc(F)cc1)C(=O)COC. The molecule has 0 bridgehead atoms. The molecule has 2 aromatic rings. The first kappa shape index (κ1) is 23.1. The van der Waals surface area contributed by atoms with E-state index < -0.39 is 15.9 Å². The molecule has 2 rings (SSSR count). The van der Waals surface area contributed by atoms with Crippen LogP contribution in [-0.4, -0.2) is 39.0 Å². The first-order chi connectivity index (χ1) is 13.7. The highest BCUT2D eigenvalue weighted by Crippen LogP contribution is 2.28. The molecule has 0 aliphatic carbocycles. The summed E-state index contributed by atoms with van der Waals surface area (Å²) in [6.45, 7) is 3.81. The summed E-state index contributed by atoms with van der Waals surface area (Å²) in [6.07, 6.45) is 0.695. The van der Waals surface area contributed by atoms with Crippen LogP contribution in [0.15, 0.2) is 47.4 Å². The highest BCUT2D eigenvalue weighted by Gasteiger charge is 2.23. The van der Waals surface area contributed by atoms with Crippen LogP contribution in [0.4, 0.5) is 4.39 Å². The van der Waals surface area contributed by atoms with E-state index in [4.69, 9.17) is 20.5 Å². The van der Waals surface area contributed by atoms with Gasteiger partial charge in [0.2, 0.25) is 5.91 Å². The number of benzene rings is 2. The smallest absolute Gasteiger partial charge is 0.339 e. The molecule has 9 heteroatoms. The predicted molar refractivity (Wildman–Crippen MR) is 108 cm³/mol. The number of hydrogen-bond acceptors (Lipinski definition) is 5. The molecule has 29 heavy (non-hydrogen) atoms. The zero-order valence-electron chi connectivity index (χ0n) is 16.4. The Kier molecular flexibility index (Phi) is 8.01. The fourth-order valence-corrected chi connectivity index (χ4v) is 3.78. The van der Waals surface area contributed by atoms with Crippen LogP contribution in [0.25, 0.3) is 0 Å². The van der Waals surface area contributed by atoms with Crippen molar-refractivity contribution in [1.29, 1.82) is 0 Å². The highest BCUT2D eigenvalue weighted by atomic mass is 35.5. The molecule has 2 aromatic carbocycles. The van der Waals surface area contributed by atoms with Gasteiger partial charge in [0.25, 0.3) is 0 Å². The maximum Gasteiger partial charge on any atom is 0.339 e. The Balaban J connectivity index is 2.37. The van der Waals surface area contributed by atoms with Gasteiger partial charge in [0.05, 0.1) is 0 Å². The Hall–Kier alpha value is -2.16. The molecule has 0 radical (unpaired) electrons. The van der Waals surface area contributed by atoms with E-state index in [1.807, 2.05) is 13.8 Å². The number of methoxy groups -OCH3 is 1. The molecule has 0 spiro atoms. The molecule has 0 heterocycles. The molecular weight excluding hydrogens is 421 g/mol. The minimum Gasteiger partial charge on any atom is -0.379 e. The molecule has 0 fully saturated rings. The number of halogens is 2. The normalized spacial score (nSPS) is 12.4. The number of nitrogens with zero attached hydrogens (tertiary/aromatic N) is 1. The Bertz CT molecular complexity index is 950. The van der Waals surface area contributed by atoms with Crippen molar-refractivity contribution < 1.29 is 26.5 Å². The van der Waals surface area contributed by atoms with Gasteiger partial charge in [-0.3, -0.25) is 4.79 Å². The Labute approximate surface area is 175 Å². The maximum absolute atomic E-state index is 13.1. The van der Waals surface area contributed by atoms with Crippen molar-refractivity contribution in [3.05, 3.63) is 58.9 Å². The molecule has 158 valence electrons. The second-order valence-corrected chi connectivity index (χ2v) is 8.44. The standard InChI is InChI=1S/C20H23ClFNO5S/c1-4-14(2)23(20(24)13-27-3)12-15-11-16(21)5-10-19(15)28-29(25,26)18-8-6-17(22)7-9-18/h5-11,14H,4,12-13H2,1-3H3/t14-/m0/s1. The molecular formula is C20H23ClFNO5S. The third-order valence-electron chi connectivity index (χ3n) is 4.38. The second kappa shape index (κ2) is 10.0. The summed E-state index contributed by atoms with van der Waals surface area (Å²) in [5, 5.41) is 0.370. The highest BCUT2D eigenvalue weighted by molar-refractivity contribution is 7.87. The van der Waals surface area contributed by atoms with Crippen molar-refractivity contribution in [1.82, 2.24) is 4.90 Å². The van der Waals surface area contributed by atoms with E-state index in [2.05, 4.69) is 0 Å². The fourth-order valence-electron chi connectivity index (χ4n) is 2.62. The van der Waals surface area contributed by atoms with Crippen molar-refractivity contribution in [3.63, 3.8) is 0 Å². The van der Waals surface area contributed by atoms with Crippen molar-refractivity contribution in [2.45, 2.75) is 37.8 Å². The monoisotopic (exact) mass is 443 g/mol. The van der Waals surface area contributed by atoms with Crippen LogP contribution in [0.2, 0.25) is 5.02 Å². The average Bonchev–Trinajstić information content (AvgIpc) is 2.67. The van der Waals surface area contributed by atoms with E-state index in [9.17, 15) is 17.6 Å². The minimum absolute atomic E-state index is 0.0391. The van der Waals surface area contributed by atoms with Gasteiger partial charge < -0.3 is 13.8 Å². The summed E-state index contributed by atoms with van der Waals surface area (Å²) < 4.78 is 48.5. The first-order valence-electron chi connectivity index (χ1n) is 8.94. The van der Waals surface area contributed by atoms with Crippen molar-refractivity contribution >= 4 is 27.6 Å². The zero-order valence-corrected chi connectivity index (χ0v) is 18.0. The fraction of sp³-hybridized carbons (Fsp3) is 0.350. The number of carbonyl (C=O) groups is 1. The Morgan fingerprint density at radius 2 is 1.86 bits per heavy atom. The molecule has 6 nitrogen and oxygen atoms in total. The largest absolute Gasteiger partial charge is 0.379 e. The van der Waals surface area contributed by atoms with Gasteiger partial charge in [-0.25, -0.2) is 4.39 Å². The van der Waals surface area contributed by atoms with Crippen LogP contribution in [0, 0.1) is 5.82 Å². The van der Waals surface area contributed by atoms with E-state index in [0.717, 1.165) is 24.3 Å². The molecule has 1 atom stereocenters. The maximum atomic E-state index is 13.1. The molecule has 0 saturated heterocycles. The summed E-state index contributed by atoms with van der Waals surface area (Å²) in [4.78, 5) is 13.8. The molecule has 0 N–H and O–H groups in total. The summed E-state index contributed by atoms with van der Waals surface area (Å²) in [7, 11) is -2.77. The minimum atomic E-state index is -4.20. The van der Waals surface area contributed by atoms with Crippen LogP contribution in [0.3, 0.4) is 0 Å². The third-order valence-corrected chi connectivity index (χ3v) is 5.86. The zero-order chi connectivity index (χ0) is 21.6. The Morgan fingerprint density at radius 1 is 1.21 bits per heavy atom. The summed E-state index contributed by atoms with van der Waals surface area (Å²) >= 11 is 6.09. The lowest BCUT2D eigenvalue weighted by Gasteiger charge is -2.29. The van der Waals surface area contributed by atoms with Gasteiger partial charge in [0, 0.05) is 30.3 Å². The molecule has 0 unspecified atom stereocenters. The topological polar surface area (TPSA) is 72.9 Å². The lowest BCUT2D eigenvalue weighted by Crippen LogP contribution is -2.40. The predicted octanol–water partition coefficient (Wildman–Crippen LogP) is 4.02. The number of amides is 1. The van der Waals surface area contributed by atoms with Gasteiger partial charge in [0.15, 0.2) is 0 Å². The van der Waals surface area contributed by atoms with E-state index >= 15 is 0 Å². The second-order valence-electron chi connectivity index (χ2n) is 6.46. The van der Waals surface area contributed by atoms with Gasteiger partial charge in [0.1, 0.15) is 23.1 Å². The van der Waals surface area contributed by atoms with Gasteiger partial charge in [-0.1, -0.05) is 18.5 Å². The van der Waals surface area contributed by atoms with Crippen molar-refractivity contribution in [2.75, 3.05) is 13.7 Å². The summed E-state index contributed by atoms with van der Waals surface area (Å²) in [5.74, 6) is -0.761. The lowest BCUT2D eigenvalue weighted by molar-refractivity contribution is -0.138. The Morgan fingerprint density at radius 3 is 2.45 bits per heavy atom. The molecule has 0 aliphatic heterocycles. The third kappa shape index (κ3) is 6.16. The molecule has 0 aromatic heterocycles. The molecule has 0 aliphatic rings. The van der Waals surface area contributed by atoms with E-state index in [1.54, 1.807) is 11.0 Å². The van der Waals surface area contributed by atoms with E-state index in [-0.39, 0.29) is 35.7 Å². The van der Waals surface area contributed by atoms with Crippen LogP contribution in [-0.2, 0) is 26.2 Å². The van der Waals surface area contributed by atoms with Crippen molar-refractivity contribution in [2.24, 2.45) is 0 Å². The van der Waals surface area contributed by atoms with Gasteiger partial charge in [-0.05, 0) is 55.8 Å². The van der Waals surface area contributed by atoms with Crippen LogP contribution in [0.1, 0.15) is 25.8 Å². The van der Waals surface area contributed by atoms with E-state index in [0.29, 0.717) is 17.0 Å². The first-order valence-corrected chi connectivity index (χ1v) is 10.7. The summed E-state index contributed by atoms with van der Waals surface area (Å²) in [5.41, 5.74) is 0.424. The number of hydrogen-bond donors (Lipinski definition) is 0.